The number of hydrogen-bond acceptors (Lipinski definition) is 8. The summed E-state index contributed by atoms with van der Waals surface area (Å²) >= 11 is 0. The standard InChI is InChI=1S/C36H51F3O8/c1-25(2)45-33(41)15-6-4-3-5-14-29-30(32(23-31(29)40)47-35-17-8-10-21-43-35)19-18-28(46-34-16-7-9-20-42-34)24-44-27-13-11-12-26(22-27)36(37,38)39/h3,5,11-13,22,25,28-30,32,34-35H,4,6-10,14-21,23-24H2,1-2H3/b5-3-/t28-,29-,30-,32-,34?,35?/m1/s1. The van der Waals surface area contributed by atoms with Gasteiger partial charge in [0.2, 0.25) is 0 Å². The topological polar surface area (TPSA) is 89.5 Å². The summed E-state index contributed by atoms with van der Waals surface area (Å²) < 4.78 is 75.3. The largest absolute Gasteiger partial charge is 0.491 e. The first kappa shape index (κ1) is 37.4. The van der Waals surface area contributed by atoms with Crippen LogP contribution in [0, 0.1) is 11.8 Å². The van der Waals surface area contributed by atoms with Crippen LogP contribution in [0.5, 0.6) is 5.75 Å². The Kier molecular flexibility index (Phi) is 15.0. The van der Waals surface area contributed by atoms with Gasteiger partial charge in [0, 0.05) is 32.0 Å². The van der Waals surface area contributed by atoms with Crippen LogP contribution in [0.25, 0.3) is 0 Å². The lowest BCUT2D eigenvalue weighted by atomic mass is 9.86. The minimum absolute atomic E-state index is 0.0446. The fourth-order valence-electron chi connectivity index (χ4n) is 6.46. The summed E-state index contributed by atoms with van der Waals surface area (Å²) in [5.41, 5.74) is -0.774. The van der Waals surface area contributed by atoms with Crippen LogP contribution >= 0.6 is 0 Å². The molecular weight excluding hydrogens is 617 g/mol. The monoisotopic (exact) mass is 668 g/mol. The van der Waals surface area contributed by atoms with Crippen LogP contribution in [0.15, 0.2) is 36.4 Å². The lowest BCUT2D eigenvalue weighted by Gasteiger charge is -2.32. The first-order chi connectivity index (χ1) is 22.6. The van der Waals surface area contributed by atoms with Crippen molar-refractivity contribution in [3.8, 4) is 5.75 Å². The van der Waals surface area contributed by atoms with Crippen LogP contribution in [0.2, 0.25) is 0 Å². The molecular formula is C36H51F3O8. The second kappa shape index (κ2) is 18.9. The van der Waals surface area contributed by atoms with Gasteiger partial charge < -0.3 is 28.4 Å². The molecule has 3 aliphatic rings. The number of carbonyl (C=O) groups excluding carboxylic acids is 2. The van der Waals surface area contributed by atoms with Gasteiger partial charge in [-0.3, -0.25) is 9.59 Å². The highest BCUT2D eigenvalue weighted by Crippen LogP contribution is 2.39. The zero-order valence-corrected chi connectivity index (χ0v) is 27.7. The summed E-state index contributed by atoms with van der Waals surface area (Å²) in [6.45, 7) is 4.92. The van der Waals surface area contributed by atoms with E-state index in [1.807, 2.05) is 26.0 Å². The highest BCUT2D eigenvalue weighted by Gasteiger charge is 2.43. The van der Waals surface area contributed by atoms with E-state index in [2.05, 4.69) is 0 Å². The van der Waals surface area contributed by atoms with E-state index in [0.717, 1.165) is 50.7 Å². The molecule has 11 heteroatoms. The molecule has 8 nitrogen and oxygen atoms in total. The summed E-state index contributed by atoms with van der Waals surface area (Å²) in [5, 5.41) is 0. The summed E-state index contributed by atoms with van der Waals surface area (Å²) in [6.07, 6.45) is 7.06. The van der Waals surface area contributed by atoms with Crippen molar-refractivity contribution in [3.63, 3.8) is 0 Å². The molecule has 2 unspecified atom stereocenters. The molecule has 0 aromatic heterocycles. The maximum absolute atomic E-state index is 13.4. The van der Waals surface area contributed by atoms with Gasteiger partial charge in [-0.15, -0.1) is 0 Å². The Morgan fingerprint density at radius 2 is 1.79 bits per heavy atom. The lowest BCUT2D eigenvalue weighted by Crippen LogP contribution is -2.34. The maximum atomic E-state index is 13.4. The van der Waals surface area contributed by atoms with E-state index in [9.17, 15) is 22.8 Å². The molecule has 2 heterocycles. The van der Waals surface area contributed by atoms with Gasteiger partial charge in [-0.25, -0.2) is 0 Å². The molecule has 0 N–H and O–H groups in total. The summed E-state index contributed by atoms with van der Waals surface area (Å²) in [4.78, 5) is 25.2. The molecule has 0 spiro atoms. The highest BCUT2D eigenvalue weighted by molar-refractivity contribution is 5.84. The molecule has 6 atom stereocenters. The van der Waals surface area contributed by atoms with Gasteiger partial charge in [0.1, 0.15) is 18.1 Å². The van der Waals surface area contributed by atoms with Crippen molar-refractivity contribution in [1.82, 2.24) is 0 Å². The number of carbonyl (C=O) groups is 2. The number of halogens is 3. The van der Waals surface area contributed by atoms with E-state index in [4.69, 9.17) is 28.4 Å². The highest BCUT2D eigenvalue weighted by atomic mass is 19.4. The number of allylic oxidation sites excluding steroid dienone is 2. The molecule has 0 radical (unpaired) electrons. The molecule has 0 amide bonds. The molecule has 2 aliphatic heterocycles. The van der Waals surface area contributed by atoms with E-state index >= 15 is 0 Å². The molecule has 0 bridgehead atoms. The Morgan fingerprint density at radius 3 is 2.47 bits per heavy atom. The van der Waals surface area contributed by atoms with E-state index in [1.165, 1.54) is 12.1 Å². The Balaban J connectivity index is 1.40. The quantitative estimate of drug-likeness (QED) is 0.0939. The molecule has 2 saturated heterocycles. The lowest BCUT2D eigenvalue weighted by molar-refractivity contribution is -0.202. The zero-order valence-electron chi connectivity index (χ0n) is 27.7. The van der Waals surface area contributed by atoms with Crippen LogP contribution < -0.4 is 4.74 Å². The zero-order chi connectivity index (χ0) is 33.6. The Labute approximate surface area is 276 Å². The third-order valence-electron chi connectivity index (χ3n) is 8.85. The van der Waals surface area contributed by atoms with Crippen LogP contribution in [0.4, 0.5) is 13.2 Å². The average Bonchev–Trinajstić information content (AvgIpc) is 3.33. The molecule has 4 rings (SSSR count). The Morgan fingerprint density at radius 1 is 1.04 bits per heavy atom. The number of benzene rings is 1. The van der Waals surface area contributed by atoms with Gasteiger partial charge in [-0.2, -0.15) is 13.2 Å². The maximum Gasteiger partial charge on any atom is 0.416 e. The number of Topliss-reactive ketones (excluding diaryl/α,β-unsaturated/α-hetero) is 1. The van der Waals surface area contributed by atoms with Gasteiger partial charge in [-0.05, 0) is 109 Å². The van der Waals surface area contributed by atoms with Crippen LogP contribution in [0.3, 0.4) is 0 Å². The first-order valence-corrected chi connectivity index (χ1v) is 17.3. The fourth-order valence-corrected chi connectivity index (χ4v) is 6.46. The number of ether oxygens (including phenoxy) is 6. The van der Waals surface area contributed by atoms with E-state index in [-0.39, 0.29) is 54.4 Å². The van der Waals surface area contributed by atoms with E-state index in [1.54, 1.807) is 0 Å². The summed E-state index contributed by atoms with van der Waals surface area (Å²) in [5.74, 6) is -0.288. The number of ketones is 1. The average molecular weight is 669 g/mol. The van der Waals surface area contributed by atoms with Crippen molar-refractivity contribution in [2.24, 2.45) is 11.8 Å². The van der Waals surface area contributed by atoms with Crippen LogP contribution in [-0.4, -0.2) is 62.5 Å². The van der Waals surface area contributed by atoms with Crippen LogP contribution in [-0.2, 0) is 39.4 Å². The molecule has 1 saturated carbocycles. The van der Waals surface area contributed by atoms with Gasteiger partial charge in [0.15, 0.2) is 12.6 Å². The smallest absolute Gasteiger partial charge is 0.416 e. The minimum atomic E-state index is -4.47. The predicted molar refractivity (Wildman–Crippen MR) is 169 cm³/mol. The normalized spacial score (nSPS) is 26.2. The Hall–Kier alpha value is -2.47. The molecule has 47 heavy (non-hydrogen) atoms. The Bertz CT molecular complexity index is 1130. The first-order valence-electron chi connectivity index (χ1n) is 17.3. The van der Waals surface area contributed by atoms with Crippen molar-refractivity contribution in [2.75, 3.05) is 19.8 Å². The van der Waals surface area contributed by atoms with Gasteiger partial charge in [0.25, 0.3) is 0 Å². The van der Waals surface area contributed by atoms with Crippen molar-refractivity contribution in [1.29, 1.82) is 0 Å². The third-order valence-corrected chi connectivity index (χ3v) is 8.85. The summed E-state index contributed by atoms with van der Waals surface area (Å²) in [7, 11) is 0. The number of unbranched alkanes of at least 4 members (excludes halogenated alkanes) is 1. The van der Waals surface area contributed by atoms with Gasteiger partial charge in [0.05, 0.1) is 23.9 Å². The molecule has 1 aliphatic carbocycles. The minimum Gasteiger partial charge on any atom is -0.491 e. The van der Waals surface area contributed by atoms with Crippen molar-refractivity contribution >= 4 is 11.8 Å². The second-order valence-electron chi connectivity index (χ2n) is 13.0. The predicted octanol–water partition coefficient (Wildman–Crippen LogP) is 7.96. The van der Waals surface area contributed by atoms with E-state index in [0.29, 0.717) is 58.2 Å². The molecule has 264 valence electrons. The van der Waals surface area contributed by atoms with Crippen molar-refractivity contribution < 1.29 is 51.2 Å². The van der Waals surface area contributed by atoms with Gasteiger partial charge >= 0.3 is 12.1 Å². The van der Waals surface area contributed by atoms with Crippen molar-refractivity contribution in [2.45, 2.75) is 134 Å². The second-order valence-corrected chi connectivity index (χ2v) is 13.0. The SMILES string of the molecule is CC(C)OC(=O)CCC/C=C\C[C@H]1C(=O)C[C@@H](OC2CCCCO2)[C@@H]1CC[C@H](COc1cccc(C(F)(F)F)c1)OC1CCCCO1. The number of rotatable bonds is 17. The third kappa shape index (κ3) is 12.8. The van der Waals surface area contributed by atoms with E-state index < -0.39 is 24.1 Å². The van der Waals surface area contributed by atoms with Crippen molar-refractivity contribution in [3.05, 3.63) is 42.0 Å². The summed E-state index contributed by atoms with van der Waals surface area (Å²) in [6, 6.07) is 4.84. The fraction of sp³-hybridized carbons (Fsp3) is 0.722. The van der Waals surface area contributed by atoms with Gasteiger partial charge in [-0.1, -0.05) is 18.2 Å². The number of esters is 1. The molecule has 1 aromatic carbocycles. The number of alkyl halides is 3. The molecule has 1 aromatic rings. The van der Waals surface area contributed by atoms with Crippen LogP contribution in [0.1, 0.15) is 103 Å². The molecule has 3 fully saturated rings. The number of hydrogen-bond donors (Lipinski definition) is 0.